The third-order valence-corrected chi connectivity index (χ3v) is 3.64. The Kier molecular flexibility index (Phi) is 5.57. The molecule has 2 rings (SSSR count). The van der Waals surface area contributed by atoms with Crippen LogP contribution in [0.4, 0.5) is 4.39 Å². The molecule has 0 aliphatic carbocycles. The van der Waals surface area contributed by atoms with Crippen molar-refractivity contribution < 1.29 is 4.39 Å². The van der Waals surface area contributed by atoms with E-state index in [0.717, 1.165) is 23.6 Å². The molecule has 0 amide bonds. The molecule has 0 heterocycles. The molecule has 1 atom stereocenters. The number of nitrogens with one attached hydrogen (secondary N) is 1. The highest BCUT2D eigenvalue weighted by Gasteiger charge is 2.09. The van der Waals surface area contributed by atoms with Gasteiger partial charge in [-0.25, -0.2) is 4.39 Å². The molecular weight excluding hydrogens is 273 g/mol. The minimum absolute atomic E-state index is 0.134. The number of benzene rings is 2. The lowest BCUT2D eigenvalue weighted by atomic mass is 10.0. The van der Waals surface area contributed by atoms with Crippen molar-refractivity contribution in [3.05, 3.63) is 70.5 Å². The molecule has 20 heavy (non-hydrogen) atoms. The topological polar surface area (TPSA) is 12.0 Å². The predicted octanol–water partition coefficient (Wildman–Crippen LogP) is 4.76. The molecule has 0 bridgehead atoms. The van der Waals surface area contributed by atoms with Crippen LogP contribution >= 0.6 is 11.6 Å². The third kappa shape index (κ3) is 4.06. The van der Waals surface area contributed by atoms with Crippen molar-refractivity contribution in [2.24, 2.45) is 0 Å². The van der Waals surface area contributed by atoms with Gasteiger partial charge in [-0.3, -0.25) is 0 Å². The second-order valence-corrected chi connectivity index (χ2v) is 5.25. The summed E-state index contributed by atoms with van der Waals surface area (Å²) in [7, 11) is 0. The quantitative estimate of drug-likeness (QED) is 0.809. The number of hydrogen-bond acceptors (Lipinski definition) is 1. The van der Waals surface area contributed by atoms with Crippen LogP contribution in [0.1, 0.15) is 30.5 Å². The fourth-order valence-corrected chi connectivity index (χ4v) is 2.50. The van der Waals surface area contributed by atoms with Gasteiger partial charge in [0.15, 0.2) is 0 Å². The van der Waals surface area contributed by atoms with Crippen molar-refractivity contribution in [2.75, 3.05) is 6.54 Å². The number of hydrogen-bond donors (Lipinski definition) is 1. The molecule has 0 radical (unpaired) electrons. The Bertz CT molecular complexity index is 556. The van der Waals surface area contributed by atoms with Gasteiger partial charge in [-0.2, -0.15) is 0 Å². The molecular formula is C17H19ClFN. The Morgan fingerprint density at radius 3 is 2.65 bits per heavy atom. The lowest BCUT2D eigenvalue weighted by Gasteiger charge is -2.18. The van der Waals surface area contributed by atoms with Gasteiger partial charge in [0.05, 0.1) is 0 Å². The summed E-state index contributed by atoms with van der Waals surface area (Å²) < 4.78 is 13.5. The summed E-state index contributed by atoms with van der Waals surface area (Å²) in [5, 5.41) is 4.21. The lowest BCUT2D eigenvalue weighted by molar-refractivity contribution is 0.516. The van der Waals surface area contributed by atoms with Crippen LogP contribution < -0.4 is 5.32 Å². The van der Waals surface area contributed by atoms with Crippen molar-refractivity contribution >= 4 is 11.6 Å². The molecule has 0 spiro atoms. The molecule has 0 aliphatic heterocycles. The first-order valence-electron chi connectivity index (χ1n) is 6.93. The molecule has 2 aromatic carbocycles. The summed E-state index contributed by atoms with van der Waals surface area (Å²) in [5.41, 5.74) is 1.93. The summed E-state index contributed by atoms with van der Waals surface area (Å²) in [4.78, 5) is 0. The SMILES string of the molecule is CCC(NCCc1ccccc1F)c1cccc(Cl)c1. The van der Waals surface area contributed by atoms with Gasteiger partial charge in [0, 0.05) is 11.1 Å². The van der Waals surface area contributed by atoms with E-state index in [-0.39, 0.29) is 11.9 Å². The Morgan fingerprint density at radius 1 is 1.15 bits per heavy atom. The van der Waals surface area contributed by atoms with E-state index in [1.165, 1.54) is 11.6 Å². The van der Waals surface area contributed by atoms with Crippen molar-refractivity contribution in [1.29, 1.82) is 0 Å². The van der Waals surface area contributed by atoms with Crippen LogP contribution in [0.15, 0.2) is 48.5 Å². The zero-order valence-electron chi connectivity index (χ0n) is 11.6. The molecule has 1 N–H and O–H groups in total. The highest BCUT2D eigenvalue weighted by Crippen LogP contribution is 2.20. The van der Waals surface area contributed by atoms with Crippen LogP contribution in [0.5, 0.6) is 0 Å². The second kappa shape index (κ2) is 7.41. The molecule has 2 aromatic rings. The molecule has 0 fully saturated rings. The van der Waals surface area contributed by atoms with Crippen LogP contribution in [0, 0.1) is 5.82 Å². The zero-order chi connectivity index (χ0) is 14.4. The maximum atomic E-state index is 13.5. The minimum Gasteiger partial charge on any atom is -0.310 e. The summed E-state index contributed by atoms with van der Waals surface area (Å²) in [5.74, 6) is -0.134. The monoisotopic (exact) mass is 291 g/mol. The Balaban J connectivity index is 1.93. The van der Waals surface area contributed by atoms with Gasteiger partial charge in [-0.05, 0) is 48.7 Å². The van der Waals surface area contributed by atoms with Crippen molar-refractivity contribution in [3.63, 3.8) is 0 Å². The molecule has 0 saturated carbocycles. The van der Waals surface area contributed by atoms with Gasteiger partial charge in [0.25, 0.3) is 0 Å². The van der Waals surface area contributed by atoms with Crippen molar-refractivity contribution in [2.45, 2.75) is 25.8 Å². The smallest absolute Gasteiger partial charge is 0.126 e. The van der Waals surface area contributed by atoms with E-state index in [1.54, 1.807) is 6.07 Å². The molecule has 1 unspecified atom stereocenters. The van der Waals surface area contributed by atoms with E-state index in [4.69, 9.17) is 11.6 Å². The molecule has 0 saturated heterocycles. The van der Waals surface area contributed by atoms with Crippen LogP contribution in [0.2, 0.25) is 5.02 Å². The van der Waals surface area contributed by atoms with Crippen molar-refractivity contribution in [1.82, 2.24) is 5.32 Å². The van der Waals surface area contributed by atoms with E-state index in [1.807, 2.05) is 30.3 Å². The zero-order valence-corrected chi connectivity index (χ0v) is 12.3. The maximum Gasteiger partial charge on any atom is 0.126 e. The normalized spacial score (nSPS) is 12.3. The van der Waals surface area contributed by atoms with E-state index < -0.39 is 0 Å². The summed E-state index contributed by atoms with van der Waals surface area (Å²) in [6.07, 6.45) is 1.65. The molecule has 106 valence electrons. The molecule has 0 aliphatic rings. The van der Waals surface area contributed by atoms with E-state index in [9.17, 15) is 4.39 Å². The van der Waals surface area contributed by atoms with E-state index in [2.05, 4.69) is 18.3 Å². The Labute approximate surface area is 124 Å². The highest BCUT2D eigenvalue weighted by atomic mass is 35.5. The van der Waals surface area contributed by atoms with Crippen molar-refractivity contribution in [3.8, 4) is 0 Å². The lowest BCUT2D eigenvalue weighted by Crippen LogP contribution is -2.23. The van der Waals surface area contributed by atoms with Gasteiger partial charge in [-0.1, -0.05) is 48.9 Å². The second-order valence-electron chi connectivity index (χ2n) is 4.81. The van der Waals surface area contributed by atoms with Crippen LogP contribution in [-0.2, 0) is 6.42 Å². The highest BCUT2D eigenvalue weighted by molar-refractivity contribution is 6.30. The van der Waals surface area contributed by atoms with Crippen LogP contribution in [0.3, 0.4) is 0 Å². The minimum atomic E-state index is -0.134. The average Bonchev–Trinajstić information content (AvgIpc) is 2.45. The largest absolute Gasteiger partial charge is 0.310 e. The Hall–Kier alpha value is -1.38. The molecule has 0 aromatic heterocycles. The molecule has 3 heteroatoms. The fraction of sp³-hybridized carbons (Fsp3) is 0.294. The Morgan fingerprint density at radius 2 is 1.95 bits per heavy atom. The van der Waals surface area contributed by atoms with Gasteiger partial charge in [-0.15, -0.1) is 0 Å². The van der Waals surface area contributed by atoms with Crippen LogP contribution in [0.25, 0.3) is 0 Å². The number of halogens is 2. The predicted molar refractivity (Wildman–Crippen MR) is 82.6 cm³/mol. The van der Waals surface area contributed by atoms with Gasteiger partial charge in [0.1, 0.15) is 5.82 Å². The van der Waals surface area contributed by atoms with Gasteiger partial charge in [0.2, 0.25) is 0 Å². The summed E-state index contributed by atoms with van der Waals surface area (Å²) in [6.45, 7) is 2.87. The standard InChI is InChI=1S/C17H19ClFN/c1-2-17(14-7-5-8-15(18)12-14)20-11-10-13-6-3-4-9-16(13)19/h3-9,12,17,20H,2,10-11H2,1H3. The average molecular weight is 292 g/mol. The molecule has 1 nitrogen and oxygen atoms in total. The first-order chi connectivity index (χ1) is 9.70. The van der Waals surface area contributed by atoms with Gasteiger partial charge < -0.3 is 5.32 Å². The van der Waals surface area contributed by atoms with Gasteiger partial charge >= 0.3 is 0 Å². The first-order valence-corrected chi connectivity index (χ1v) is 7.30. The maximum absolute atomic E-state index is 13.5. The number of rotatable bonds is 6. The summed E-state index contributed by atoms with van der Waals surface area (Å²) in [6, 6.07) is 15.0. The fourth-order valence-electron chi connectivity index (χ4n) is 2.30. The first kappa shape index (κ1) is 15.0. The summed E-state index contributed by atoms with van der Waals surface area (Å²) >= 11 is 6.02. The van der Waals surface area contributed by atoms with E-state index in [0.29, 0.717) is 6.42 Å². The third-order valence-electron chi connectivity index (χ3n) is 3.40. The van der Waals surface area contributed by atoms with Crippen LogP contribution in [-0.4, -0.2) is 6.54 Å². The van der Waals surface area contributed by atoms with E-state index >= 15 is 0 Å².